The van der Waals surface area contributed by atoms with E-state index >= 15 is 0 Å². The maximum absolute atomic E-state index is 12.2. The first-order chi connectivity index (χ1) is 13.0. The third-order valence-corrected chi connectivity index (χ3v) is 4.05. The van der Waals surface area contributed by atoms with Gasteiger partial charge >= 0.3 is 5.97 Å². The molecule has 134 valence electrons. The van der Waals surface area contributed by atoms with Gasteiger partial charge in [0.15, 0.2) is 5.43 Å². The number of para-hydroxylation sites is 1. The molecule has 0 radical (unpaired) electrons. The average molecular weight is 362 g/mol. The Morgan fingerprint density at radius 1 is 1.15 bits per heavy atom. The van der Waals surface area contributed by atoms with Crippen LogP contribution in [-0.2, 0) is 11.3 Å². The molecule has 4 rings (SSSR count). The lowest BCUT2D eigenvalue weighted by atomic mass is 10.2. The number of benzene rings is 1. The highest BCUT2D eigenvalue weighted by molar-refractivity contribution is 5.88. The van der Waals surface area contributed by atoms with Crippen molar-refractivity contribution in [2.24, 2.45) is 0 Å². The van der Waals surface area contributed by atoms with Crippen molar-refractivity contribution in [3.8, 4) is 0 Å². The Morgan fingerprint density at radius 2 is 1.96 bits per heavy atom. The Bertz CT molecular complexity index is 1300. The van der Waals surface area contributed by atoms with Crippen LogP contribution in [0, 0.1) is 6.92 Å². The summed E-state index contributed by atoms with van der Waals surface area (Å²) in [6.07, 6.45) is 1.68. The van der Waals surface area contributed by atoms with E-state index in [0.29, 0.717) is 22.3 Å². The number of nitrogens with zero attached hydrogens (tertiary/aromatic N) is 2. The number of ether oxygens (including phenoxy) is 1. The summed E-state index contributed by atoms with van der Waals surface area (Å²) < 4.78 is 12.0. The highest BCUT2D eigenvalue weighted by Gasteiger charge is 2.14. The van der Waals surface area contributed by atoms with E-state index in [2.05, 4.69) is 4.98 Å². The van der Waals surface area contributed by atoms with E-state index < -0.39 is 5.97 Å². The molecule has 0 aliphatic carbocycles. The highest BCUT2D eigenvalue weighted by atomic mass is 16.5. The first-order valence-electron chi connectivity index (χ1n) is 8.20. The number of esters is 1. The van der Waals surface area contributed by atoms with Crippen molar-refractivity contribution in [3.63, 3.8) is 0 Å². The summed E-state index contributed by atoms with van der Waals surface area (Å²) in [5, 5.41) is 0.383. The number of carbonyl (C=O) groups is 1. The normalized spacial score (nSPS) is 11.0. The monoisotopic (exact) mass is 362 g/mol. The van der Waals surface area contributed by atoms with Crippen molar-refractivity contribution in [1.82, 2.24) is 9.38 Å². The van der Waals surface area contributed by atoms with Crippen LogP contribution in [-0.4, -0.2) is 15.4 Å². The second kappa shape index (κ2) is 6.53. The summed E-state index contributed by atoms with van der Waals surface area (Å²) in [5.41, 5.74) is 1.39. The highest BCUT2D eigenvalue weighted by Crippen LogP contribution is 2.13. The third-order valence-electron chi connectivity index (χ3n) is 4.05. The molecule has 0 amide bonds. The lowest BCUT2D eigenvalue weighted by molar-refractivity contribution is 0.0431. The summed E-state index contributed by atoms with van der Waals surface area (Å²) in [7, 11) is 0. The molecule has 3 heterocycles. The van der Waals surface area contributed by atoms with Crippen LogP contribution in [0.15, 0.2) is 68.7 Å². The zero-order valence-corrected chi connectivity index (χ0v) is 14.3. The summed E-state index contributed by atoms with van der Waals surface area (Å²) in [4.78, 5) is 40.8. The topological polar surface area (TPSA) is 90.9 Å². The fourth-order valence-corrected chi connectivity index (χ4v) is 2.75. The minimum absolute atomic E-state index is 0.202. The van der Waals surface area contributed by atoms with Gasteiger partial charge in [0.2, 0.25) is 5.76 Å². The molecule has 0 saturated carbocycles. The molecule has 0 bridgehead atoms. The maximum atomic E-state index is 12.2. The Labute approximate surface area is 152 Å². The molecule has 0 fully saturated rings. The first kappa shape index (κ1) is 16.7. The smallest absolute Gasteiger partial charge is 0.374 e. The predicted molar refractivity (Wildman–Crippen MR) is 97.8 cm³/mol. The minimum atomic E-state index is -0.802. The van der Waals surface area contributed by atoms with Crippen LogP contribution in [0.4, 0.5) is 0 Å². The molecule has 27 heavy (non-hydrogen) atoms. The Kier molecular flexibility index (Phi) is 4.04. The molecule has 0 unspecified atom stereocenters. The standard InChI is InChI=1S/C20H14N2O5/c1-12-6-7-18-21-13(8-19(24)22(18)10-12)11-26-20(25)17-9-15(23)14-4-2-3-5-16(14)27-17/h2-10H,11H2,1H3. The molecule has 7 nitrogen and oxygen atoms in total. The van der Waals surface area contributed by atoms with E-state index in [-0.39, 0.29) is 23.4 Å². The van der Waals surface area contributed by atoms with Crippen LogP contribution in [0.25, 0.3) is 16.6 Å². The van der Waals surface area contributed by atoms with E-state index in [1.54, 1.807) is 36.5 Å². The van der Waals surface area contributed by atoms with Gasteiger partial charge in [-0.15, -0.1) is 0 Å². The number of aryl methyl sites for hydroxylation is 1. The number of hydrogen-bond donors (Lipinski definition) is 0. The summed E-state index contributed by atoms with van der Waals surface area (Å²) in [5.74, 6) is -1.00. The largest absolute Gasteiger partial charge is 0.453 e. The van der Waals surface area contributed by atoms with Crippen molar-refractivity contribution in [1.29, 1.82) is 0 Å². The molecule has 7 heteroatoms. The maximum Gasteiger partial charge on any atom is 0.374 e. The number of rotatable bonds is 3. The van der Waals surface area contributed by atoms with Crippen LogP contribution in [0.1, 0.15) is 21.8 Å². The molecule has 0 spiro atoms. The summed E-state index contributed by atoms with van der Waals surface area (Å²) in [6.45, 7) is 1.66. The quantitative estimate of drug-likeness (QED) is 0.520. The fourth-order valence-electron chi connectivity index (χ4n) is 2.75. The van der Waals surface area contributed by atoms with Crippen molar-refractivity contribution in [2.45, 2.75) is 13.5 Å². The van der Waals surface area contributed by atoms with Gasteiger partial charge in [0.25, 0.3) is 5.56 Å². The molecule has 3 aromatic heterocycles. The van der Waals surface area contributed by atoms with Crippen LogP contribution in [0.3, 0.4) is 0 Å². The van der Waals surface area contributed by atoms with E-state index in [1.165, 1.54) is 10.5 Å². The number of pyridine rings is 1. The van der Waals surface area contributed by atoms with Gasteiger partial charge in [0.1, 0.15) is 17.8 Å². The Morgan fingerprint density at radius 3 is 2.81 bits per heavy atom. The van der Waals surface area contributed by atoms with Gasteiger partial charge < -0.3 is 9.15 Å². The SMILES string of the molecule is Cc1ccc2nc(COC(=O)c3cc(=O)c4ccccc4o3)cc(=O)n2c1. The van der Waals surface area contributed by atoms with Gasteiger partial charge in [-0.05, 0) is 30.7 Å². The lowest BCUT2D eigenvalue weighted by Crippen LogP contribution is -2.17. The molecule has 0 aliphatic heterocycles. The van der Waals surface area contributed by atoms with E-state index in [0.717, 1.165) is 11.6 Å². The molecule has 0 aliphatic rings. The number of carbonyl (C=O) groups excluding carboxylic acids is 1. The van der Waals surface area contributed by atoms with Crippen molar-refractivity contribution in [3.05, 3.63) is 92.3 Å². The Hall–Kier alpha value is -3.74. The molecule has 0 N–H and O–H groups in total. The summed E-state index contributed by atoms with van der Waals surface area (Å²) in [6, 6.07) is 12.6. The zero-order chi connectivity index (χ0) is 19.0. The molecule has 0 atom stereocenters. The second-order valence-corrected chi connectivity index (χ2v) is 6.07. The number of hydrogen-bond acceptors (Lipinski definition) is 6. The van der Waals surface area contributed by atoms with Crippen LogP contribution < -0.4 is 11.0 Å². The van der Waals surface area contributed by atoms with E-state index in [1.807, 2.05) is 13.0 Å². The van der Waals surface area contributed by atoms with Crippen LogP contribution in [0.5, 0.6) is 0 Å². The Balaban J connectivity index is 1.59. The third kappa shape index (κ3) is 3.22. The average Bonchev–Trinajstić information content (AvgIpc) is 2.66. The molecule has 1 aromatic carbocycles. The van der Waals surface area contributed by atoms with Crippen molar-refractivity contribution < 1.29 is 13.9 Å². The van der Waals surface area contributed by atoms with Gasteiger partial charge in [-0.1, -0.05) is 18.2 Å². The van der Waals surface area contributed by atoms with Gasteiger partial charge in [0, 0.05) is 18.3 Å². The lowest BCUT2D eigenvalue weighted by Gasteiger charge is -2.06. The van der Waals surface area contributed by atoms with Gasteiger partial charge in [-0.25, -0.2) is 9.78 Å². The predicted octanol–water partition coefficient (Wildman–Crippen LogP) is 2.47. The minimum Gasteiger partial charge on any atom is -0.453 e. The van der Waals surface area contributed by atoms with Crippen molar-refractivity contribution in [2.75, 3.05) is 0 Å². The number of aromatic nitrogens is 2. The molecule has 0 saturated heterocycles. The molecular weight excluding hydrogens is 348 g/mol. The van der Waals surface area contributed by atoms with E-state index in [9.17, 15) is 14.4 Å². The van der Waals surface area contributed by atoms with Gasteiger partial charge in [0.05, 0.1) is 11.1 Å². The second-order valence-electron chi connectivity index (χ2n) is 6.07. The van der Waals surface area contributed by atoms with Crippen molar-refractivity contribution >= 4 is 22.6 Å². The first-order valence-corrected chi connectivity index (χ1v) is 8.20. The van der Waals surface area contributed by atoms with Gasteiger partial charge in [-0.2, -0.15) is 0 Å². The summed E-state index contributed by atoms with van der Waals surface area (Å²) >= 11 is 0. The van der Waals surface area contributed by atoms with Crippen LogP contribution in [0.2, 0.25) is 0 Å². The fraction of sp³-hybridized carbons (Fsp3) is 0.100. The van der Waals surface area contributed by atoms with Gasteiger partial charge in [-0.3, -0.25) is 14.0 Å². The zero-order valence-electron chi connectivity index (χ0n) is 14.3. The number of fused-ring (bicyclic) bond motifs is 2. The van der Waals surface area contributed by atoms with E-state index in [4.69, 9.17) is 9.15 Å². The molecule has 4 aromatic rings. The van der Waals surface area contributed by atoms with Crippen LogP contribution >= 0.6 is 0 Å². The molecular formula is C20H14N2O5.